The number of ketones is 1. The number of hydrogen-bond acceptors (Lipinski definition) is 3. The van der Waals surface area contributed by atoms with Crippen molar-refractivity contribution in [1.29, 1.82) is 0 Å². The maximum atomic E-state index is 11.8. The van der Waals surface area contributed by atoms with Crippen molar-refractivity contribution in [2.75, 3.05) is 6.61 Å². The molecule has 0 heterocycles. The van der Waals surface area contributed by atoms with Gasteiger partial charge in [0.15, 0.2) is 0 Å². The van der Waals surface area contributed by atoms with E-state index in [0.717, 1.165) is 25.0 Å². The van der Waals surface area contributed by atoms with Crippen molar-refractivity contribution in [3.05, 3.63) is 13.8 Å². The van der Waals surface area contributed by atoms with Crippen LogP contribution in [0, 0.1) is 30.6 Å². The summed E-state index contributed by atoms with van der Waals surface area (Å²) in [6.07, 6.45) is 2.76. The van der Waals surface area contributed by atoms with Crippen LogP contribution >= 0.6 is 0 Å². The van der Waals surface area contributed by atoms with Gasteiger partial charge in [-0.1, -0.05) is 53.1 Å². The molecule has 0 fully saturated rings. The van der Waals surface area contributed by atoms with Crippen molar-refractivity contribution in [2.45, 2.75) is 74.7 Å². The van der Waals surface area contributed by atoms with E-state index >= 15 is 0 Å². The SMILES string of the molecule is [CH2-]C(CC(C)(C)C)C(=O)C(C)(C)C.[CH2-]CCCON=C(C)C.[Y]. The van der Waals surface area contributed by atoms with E-state index in [0.29, 0.717) is 6.61 Å². The summed E-state index contributed by atoms with van der Waals surface area (Å²) in [5, 5.41) is 3.75. The van der Waals surface area contributed by atoms with Gasteiger partial charge in [0.25, 0.3) is 0 Å². The van der Waals surface area contributed by atoms with E-state index in [2.05, 4.69) is 39.8 Å². The summed E-state index contributed by atoms with van der Waals surface area (Å²) in [6, 6.07) is 0. The third-order valence-electron chi connectivity index (χ3n) is 2.70. The van der Waals surface area contributed by atoms with Crippen molar-refractivity contribution in [3.63, 3.8) is 0 Å². The van der Waals surface area contributed by atoms with E-state index in [1.807, 2.05) is 34.6 Å². The molecule has 0 aromatic rings. The molecule has 0 N–H and O–H groups in total. The Kier molecular flexibility index (Phi) is 16.5. The van der Waals surface area contributed by atoms with E-state index in [9.17, 15) is 4.79 Å². The van der Waals surface area contributed by atoms with Crippen LogP contribution in [-0.2, 0) is 42.3 Å². The number of rotatable bonds is 6. The molecule has 0 amide bonds. The molecule has 3 nitrogen and oxygen atoms in total. The van der Waals surface area contributed by atoms with Gasteiger partial charge >= 0.3 is 0 Å². The number of oxime groups is 1. The zero-order valence-corrected chi connectivity index (χ0v) is 19.5. The Morgan fingerprint density at radius 3 is 1.91 bits per heavy atom. The Balaban J connectivity index is -0.000000354. The zero-order valence-electron chi connectivity index (χ0n) is 16.7. The fraction of sp³-hybridized carbons (Fsp3) is 0.789. The van der Waals surface area contributed by atoms with Gasteiger partial charge in [-0.05, 0) is 25.7 Å². The Labute approximate surface area is 170 Å². The van der Waals surface area contributed by atoms with Crippen LogP contribution in [0.15, 0.2) is 5.16 Å². The number of carbonyl (C=O) groups excluding carboxylic acids is 1. The second-order valence-electron chi connectivity index (χ2n) is 8.15. The Morgan fingerprint density at radius 1 is 1.13 bits per heavy atom. The molecule has 0 rings (SSSR count). The normalized spacial score (nSPS) is 12.3. The third-order valence-corrected chi connectivity index (χ3v) is 2.70. The fourth-order valence-corrected chi connectivity index (χ4v) is 1.79. The van der Waals surface area contributed by atoms with Crippen LogP contribution in [-0.4, -0.2) is 18.1 Å². The summed E-state index contributed by atoms with van der Waals surface area (Å²) in [4.78, 5) is 16.7. The predicted octanol–water partition coefficient (Wildman–Crippen LogP) is 5.50. The minimum atomic E-state index is -0.252. The van der Waals surface area contributed by atoms with E-state index < -0.39 is 0 Å². The Bertz CT molecular complexity index is 334. The molecule has 23 heavy (non-hydrogen) atoms. The molecule has 0 aromatic heterocycles. The molecular weight excluding hydrogens is 363 g/mol. The summed E-state index contributed by atoms with van der Waals surface area (Å²) in [6.45, 7) is 24.4. The summed E-state index contributed by atoms with van der Waals surface area (Å²) >= 11 is 0. The quantitative estimate of drug-likeness (QED) is 0.256. The van der Waals surface area contributed by atoms with Gasteiger partial charge in [-0.25, -0.2) is 0 Å². The van der Waals surface area contributed by atoms with E-state index in [-0.39, 0.29) is 55.2 Å². The van der Waals surface area contributed by atoms with Crippen LogP contribution < -0.4 is 0 Å². The molecule has 0 spiro atoms. The first-order chi connectivity index (χ1) is 9.81. The molecule has 0 bridgehead atoms. The number of hydrogen-bond donors (Lipinski definition) is 0. The van der Waals surface area contributed by atoms with Crippen LogP contribution in [0.3, 0.4) is 0 Å². The Hall–Kier alpha value is 0.244. The smallest absolute Gasteiger partial charge is 0.114 e. The van der Waals surface area contributed by atoms with Crippen LogP contribution in [0.4, 0.5) is 0 Å². The van der Waals surface area contributed by atoms with Gasteiger partial charge in [-0.3, -0.25) is 0 Å². The van der Waals surface area contributed by atoms with Gasteiger partial charge in [-0.2, -0.15) is 6.42 Å². The van der Waals surface area contributed by atoms with Crippen LogP contribution in [0.5, 0.6) is 0 Å². The first-order valence-corrected chi connectivity index (χ1v) is 8.11. The maximum absolute atomic E-state index is 11.8. The van der Waals surface area contributed by atoms with Crippen LogP contribution in [0.25, 0.3) is 0 Å². The summed E-state index contributed by atoms with van der Waals surface area (Å²) in [7, 11) is 0. The first-order valence-electron chi connectivity index (χ1n) is 8.11. The zero-order chi connectivity index (χ0) is 18.0. The number of nitrogens with zero attached hydrogens (tertiary/aromatic N) is 1. The number of carbonyl (C=O) groups is 1. The molecule has 135 valence electrons. The monoisotopic (exact) mass is 400 g/mol. The number of unbranched alkanes of at least 4 members (excludes halogenated alkanes) is 1. The molecular formula is C19H37NO2Y-2. The molecule has 1 atom stereocenters. The average molecular weight is 400 g/mol. The Morgan fingerprint density at radius 2 is 1.61 bits per heavy atom. The molecule has 0 aliphatic heterocycles. The minimum Gasteiger partial charge on any atom is -0.396 e. The largest absolute Gasteiger partial charge is 0.396 e. The topological polar surface area (TPSA) is 38.7 Å². The first kappa shape index (κ1) is 28.1. The van der Waals surface area contributed by atoms with Crippen LogP contribution in [0.2, 0.25) is 0 Å². The fourth-order valence-electron chi connectivity index (χ4n) is 1.79. The van der Waals surface area contributed by atoms with Crippen molar-refractivity contribution >= 4 is 11.5 Å². The minimum absolute atomic E-state index is 0. The second kappa shape index (κ2) is 13.5. The molecule has 0 aromatic carbocycles. The van der Waals surface area contributed by atoms with Gasteiger partial charge in [0.05, 0.1) is 5.71 Å². The van der Waals surface area contributed by atoms with Crippen molar-refractivity contribution < 1.29 is 42.3 Å². The molecule has 1 unspecified atom stereocenters. The summed E-state index contributed by atoms with van der Waals surface area (Å²) in [5.41, 5.74) is 0.893. The van der Waals surface area contributed by atoms with Gasteiger partial charge in [0.1, 0.15) is 12.4 Å². The maximum Gasteiger partial charge on any atom is 0.114 e. The van der Waals surface area contributed by atoms with Crippen LogP contribution in [0.1, 0.15) is 74.7 Å². The van der Waals surface area contributed by atoms with E-state index in [1.165, 1.54) is 0 Å². The van der Waals surface area contributed by atoms with Gasteiger partial charge in [0.2, 0.25) is 0 Å². The summed E-state index contributed by atoms with van der Waals surface area (Å²) in [5.74, 6) is 0.197. The molecule has 4 heteroatoms. The van der Waals surface area contributed by atoms with Gasteiger partial charge in [0, 0.05) is 38.1 Å². The molecule has 0 saturated carbocycles. The third kappa shape index (κ3) is 20.2. The number of Topliss-reactive ketones (excluding diaryl/α,β-unsaturated/α-hetero) is 1. The van der Waals surface area contributed by atoms with Gasteiger partial charge in [-0.15, -0.1) is 5.92 Å². The van der Waals surface area contributed by atoms with Crippen molar-refractivity contribution in [3.8, 4) is 0 Å². The van der Waals surface area contributed by atoms with E-state index in [1.54, 1.807) is 0 Å². The van der Waals surface area contributed by atoms with E-state index in [4.69, 9.17) is 4.84 Å². The molecule has 0 aliphatic carbocycles. The van der Waals surface area contributed by atoms with Crippen molar-refractivity contribution in [1.82, 2.24) is 0 Å². The summed E-state index contributed by atoms with van der Waals surface area (Å²) < 4.78 is 0. The molecule has 0 saturated heterocycles. The second-order valence-corrected chi connectivity index (χ2v) is 8.15. The standard InChI is InChI=1S/C12H23O.C7H14NO.Y/c1-9(8-11(2,3)4)10(13)12(5,6)7;1-4-5-6-9-8-7(2)3;/h9H,1,8H2,2-7H3;1,4-6H2,2-3H3;/q2*-1;. The molecule has 1 radical (unpaired) electrons. The predicted molar refractivity (Wildman–Crippen MR) is 96.7 cm³/mol. The van der Waals surface area contributed by atoms with Gasteiger partial charge < -0.3 is 23.5 Å². The molecule has 0 aliphatic rings. The average Bonchev–Trinajstić information content (AvgIpc) is 2.31. The van der Waals surface area contributed by atoms with Crippen molar-refractivity contribution in [2.24, 2.45) is 21.9 Å².